The lowest BCUT2D eigenvalue weighted by Gasteiger charge is -2.10. The molecule has 0 bridgehead atoms. The zero-order valence-corrected chi connectivity index (χ0v) is 12.1. The minimum Gasteiger partial charge on any atom is -0.330 e. The van der Waals surface area contributed by atoms with Crippen LogP contribution in [0.1, 0.15) is 42.5 Å². The van der Waals surface area contributed by atoms with E-state index in [0.29, 0.717) is 12.5 Å². The number of nitrogens with zero attached hydrogens (tertiary/aromatic N) is 3. The summed E-state index contributed by atoms with van der Waals surface area (Å²) in [6, 6.07) is 6.37. The lowest BCUT2D eigenvalue weighted by atomic mass is 10.1. The van der Waals surface area contributed by atoms with Crippen molar-refractivity contribution in [1.82, 2.24) is 14.8 Å². The SMILES string of the molecule is Cc1ccc(-n2nc(CCN)nc2C(C)C)cc1C. The van der Waals surface area contributed by atoms with Crippen molar-refractivity contribution in [3.63, 3.8) is 0 Å². The predicted octanol–water partition coefficient (Wildman–Crippen LogP) is 2.51. The molecule has 2 rings (SSSR count). The molecule has 0 aliphatic heterocycles. The number of hydrogen-bond donors (Lipinski definition) is 1. The van der Waals surface area contributed by atoms with E-state index < -0.39 is 0 Å². The third-order valence-electron chi connectivity index (χ3n) is 3.30. The second kappa shape index (κ2) is 5.53. The molecule has 2 aromatic rings. The first kappa shape index (κ1) is 13.7. The second-order valence-corrected chi connectivity index (χ2v) is 5.26. The van der Waals surface area contributed by atoms with E-state index >= 15 is 0 Å². The first-order valence-corrected chi connectivity index (χ1v) is 6.76. The van der Waals surface area contributed by atoms with Crippen molar-refractivity contribution in [3.8, 4) is 5.69 Å². The zero-order chi connectivity index (χ0) is 14.0. The number of hydrogen-bond acceptors (Lipinski definition) is 3. The first-order valence-electron chi connectivity index (χ1n) is 6.76. The van der Waals surface area contributed by atoms with Crippen LogP contribution < -0.4 is 5.73 Å². The molecule has 0 spiro atoms. The molecule has 1 heterocycles. The molecule has 0 fully saturated rings. The molecule has 1 aromatic heterocycles. The van der Waals surface area contributed by atoms with Crippen molar-refractivity contribution < 1.29 is 0 Å². The fourth-order valence-electron chi connectivity index (χ4n) is 2.02. The van der Waals surface area contributed by atoms with Crippen LogP contribution in [-0.4, -0.2) is 21.3 Å². The van der Waals surface area contributed by atoms with E-state index in [9.17, 15) is 0 Å². The highest BCUT2D eigenvalue weighted by molar-refractivity contribution is 5.39. The van der Waals surface area contributed by atoms with Crippen molar-refractivity contribution in [2.24, 2.45) is 5.73 Å². The minimum absolute atomic E-state index is 0.334. The highest BCUT2D eigenvalue weighted by Crippen LogP contribution is 2.19. The van der Waals surface area contributed by atoms with Gasteiger partial charge in [-0.05, 0) is 43.7 Å². The van der Waals surface area contributed by atoms with Crippen LogP contribution in [0.5, 0.6) is 0 Å². The molecule has 4 heteroatoms. The maximum Gasteiger partial charge on any atom is 0.152 e. The molecule has 0 unspecified atom stereocenters. The molecule has 0 aliphatic rings. The summed E-state index contributed by atoms with van der Waals surface area (Å²) in [6.45, 7) is 9.07. The van der Waals surface area contributed by atoms with Crippen LogP contribution in [0.2, 0.25) is 0 Å². The van der Waals surface area contributed by atoms with E-state index in [1.165, 1.54) is 11.1 Å². The maximum atomic E-state index is 5.59. The van der Waals surface area contributed by atoms with Gasteiger partial charge >= 0.3 is 0 Å². The van der Waals surface area contributed by atoms with Gasteiger partial charge in [-0.15, -0.1) is 0 Å². The van der Waals surface area contributed by atoms with Crippen LogP contribution in [-0.2, 0) is 6.42 Å². The van der Waals surface area contributed by atoms with Gasteiger partial charge in [-0.25, -0.2) is 9.67 Å². The predicted molar refractivity (Wildman–Crippen MR) is 77.7 cm³/mol. The van der Waals surface area contributed by atoms with Crippen molar-refractivity contribution >= 4 is 0 Å². The Balaban J connectivity index is 2.49. The third kappa shape index (κ3) is 2.84. The Labute approximate surface area is 114 Å². The van der Waals surface area contributed by atoms with Crippen LogP contribution in [0.4, 0.5) is 0 Å². The topological polar surface area (TPSA) is 56.7 Å². The molecule has 102 valence electrons. The molecular formula is C15H22N4. The first-order chi connectivity index (χ1) is 9.02. The van der Waals surface area contributed by atoms with Gasteiger partial charge in [-0.2, -0.15) is 5.10 Å². The van der Waals surface area contributed by atoms with Gasteiger partial charge in [0.05, 0.1) is 5.69 Å². The Kier molecular flexibility index (Phi) is 4.00. The number of rotatable bonds is 4. The Hall–Kier alpha value is -1.68. The Morgan fingerprint density at radius 1 is 1.21 bits per heavy atom. The van der Waals surface area contributed by atoms with Crippen LogP contribution in [0, 0.1) is 13.8 Å². The van der Waals surface area contributed by atoms with E-state index in [4.69, 9.17) is 5.73 Å². The van der Waals surface area contributed by atoms with E-state index in [1.807, 2.05) is 4.68 Å². The normalized spacial score (nSPS) is 11.3. The fourth-order valence-corrected chi connectivity index (χ4v) is 2.02. The molecular weight excluding hydrogens is 236 g/mol. The number of nitrogens with two attached hydrogens (primary N) is 1. The molecule has 0 saturated heterocycles. The van der Waals surface area contributed by atoms with Gasteiger partial charge in [0, 0.05) is 12.3 Å². The number of aryl methyl sites for hydroxylation is 2. The van der Waals surface area contributed by atoms with Gasteiger partial charge < -0.3 is 5.73 Å². The summed E-state index contributed by atoms with van der Waals surface area (Å²) in [5.41, 5.74) is 9.22. The van der Waals surface area contributed by atoms with Gasteiger partial charge in [0.15, 0.2) is 5.82 Å². The van der Waals surface area contributed by atoms with Gasteiger partial charge in [-0.1, -0.05) is 19.9 Å². The molecule has 19 heavy (non-hydrogen) atoms. The van der Waals surface area contributed by atoms with Crippen LogP contribution >= 0.6 is 0 Å². The standard InChI is InChI=1S/C15H22N4/c1-10(2)15-17-14(7-8-16)18-19(15)13-6-5-11(3)12(4)9-13/h5-6,9-10H,7-8,16H2,1-4H3. The molecule has 0 atom stereocenters. The minimum atomic E-state index is 0.334. The summed E-state index contributed by atoms with van der Waals surface area (Å²) >= 11 is 0. The lowest BCUT2D eigenvalue weighted by Crippen LogP contribution is -2.06. The molecule has 0 amide bonds. The maximum absolute atomic E-state index is 5.59. The monoisotopic (exact) mass is 258 g/mol. The van der Waals surface area contributed by atoms with Crippen LogP contribution in [0.15, 0.2) is 18.2 Å². The van der Waals surface area contributed by atoms with Crippen molar-refractivity contribution in [1.29, 1.82) is 0 Å². The lowest BCUT2D eigenvalue weighted by molar-refractivity contribution is 0.712. The highest BCUT2D eigenvalue weighted by Gasteiger charge is 2.14. The molecule has 0 radical (unpaired) electrons. The highest BCUT2D eigenvalue weighted by atomic mass is 15.4. The quantitative estimate of drug-likeness (QED) is 0.916. The van der Waals surface area contributed by atoms with Crippen molar-refractivity contribution in [2.75, 3.05) is 6.54 Å². The van der Waals surface area contributed by atoms with E-state index in [2.05, 4.69) is 56.0 Å². The number of aromatic nitrogens is 3. The molecule has 4 nitrogen and oxygen atoms in total. The Morgan fingerprint density at radius 3 is 2.53 bits per heavy atom. The van der Waals surface area contributed by atoms with Crippen molar-refractivity contribution in [3.05, 3.63) is 41.0 Å². The summed E-state index contributed by atoms with van der Waals surface area (Å²) in [4.78, 5) is 4.60. The van der Waals surface area contributed by atoms with Crippen molar-refractivity contribution in [2.45, 2.75) is 40.0 Å². The zero-order valence-electron chi connectivity index (χ0n) is 12.1. The number of benzene rings is 1. The fraction of sp³-hybridized carbons (Fsp3) is 0.467. The van der Waals surface area contributed by atoms with E-state index in [1.54, 1.807) is 0 Å². The average molecular weight is 258 g/mol. The summed E-state index contributed by atoms with van der Waals surface area (Å²) in [5.74, 6) is 2.15. The second-order valence-electron chi connectivity index (χ2n) is 5.26. The van der Waals surface area contributed by atoms with Gasteiger partial charge in [0.1, 0.15) is 5.82 Å². The van der Waals surface area contributed by atoms with Crippen LogP contribution in [0.25, 0.3) is 5.69 Å². The van der Waals surface area contributed by atoms with E-state index in [0.717, 1.165) is 23.8 Å². The third-order valence-corrected chi connectivity index (χ3v) is 3.30. The van der Waals surface area contributed by atoms with Gasteiger partial charge in [0.25, 0.3) is 0 Å². The molecule has 2 N–H and O–H groups in total. The summed E-state index contributed by atoms with van der Waals surface area (Å²) in [5, 5.41) is 4.59. The smallest absolute Gasteiger partial charge is 0.152 e. The average Bonchev–Trinajstić information content (AvgIpc) is 2.77. The molecule has 1 aromatic carbocycles. The Bertz CT molecular complexity index is 570. The molecule has 0 aliphatic carbocycles. The van der Waals surface area contributed by atoms with E-state index in [-0.39, 0.29) is 0 Å². The van der Waals surface area contributed by atoms with Gasteiger partial charge in [-0.3, -0.25) is 0 Å². The van der Waals surface area contributed by atoms with Gasteiger partial charge in [0.2, 0.25) is 0 Å². The largest absolute Gasteiger partial charge is 0.330 e. The summed E-state index contributed by atoms with van der Waals surface area (Å²) in [7, 11) is 0. The molecule has 0 saturated carbocycles. The summed E-state index contributed by atoms with van der Waals surface area (Å²) in [6.07, 6.45) is 0.720. The van der Waals surface area contributed by atoms with Crippen LogP contribution in [0.3, 0.4) is 0 Å². The summed E-state index contributed by atoms with van der Waals surface area (Å²) < 4.78 is 1.95. The Morgan fingerprint density at radius 2 is 1.95 bits per heavy atom.